The van der Waals surface area contributed by atoms with E-state index in [1.807, 2.05) is 0 Å². The average Bonchev–Trinajstić information content (AvgIpc) is 2.28. The lowest BCUT2D eigenvalue weighted by Crippen LogP contribution is -2.48. The predicted molar refractivity (Wildman–Crippen MR) is 68.3 cm³/mol. The summed E-state index contributed by atoms with van der Waals surface area (Å²) in [4.78, 5) is 14.6. The molecule has 1 aromatic rings. The lowest BCUT2D eigenvalue weighted by Gasteiger charge is -2.40. The van der Waals surface area contributed by atoms with Crippen LogP contribution < -0.4 is 0 Å². The zero-order valence-electron chi connectivity index (χ0n) is 10.6. The number of amides is 1. The number of nitrogens with zero attached hydrogens (tertiary/aromatic N) is 1. The standard InChI is InChI=1S/C15H19NO/c1-10-7-11(2)14-12(8-10)9-13-5-3-4-6-16(13)15(14)17/h7-8,13H,3-6,9H2,1-2H3/t13-/m0/s1. The molecular weight excluding hydrogens is 210 g/mol. The minimum atomic E-state index is 0.272. The third-order valence-corrected chi connectivity index (χ3v) is 4.12. The Bertz CT molecular complexity index is 478. The van der Waals surface area contributed by atoms with Crippen molar-refractivity contribution < 1.29 is 4.79 Å². The van der Waals surface area contributed by atoms with Gasteiger partial charge in [0, 0.05) is 18.2 Å². The van der Waals surface area contributed by atoms with Gasteiger partial charge in [-0.25, -0.2) is 0 Å². The van der Waals surface area contributed by atoms with Crippen LogP contribution in [0.2, 0.25) is 0 Å². The maximum absolute atomic E-state index is 12.5. The fourth-order valence-electron chi connectivity index (χ4n) is 3.40. The lowest BCUT2D eigenvalue weighted by atomic mass is 9.85. The smallest absolute Gasteiger partial charge is 0.254 e. The minimum absolute atomic E-state index is 0.272. The van der Waals surface area contributed by atoms with Gasteiger partial charge in [-0.2, -0.15) is 0 Å². The quantitative estimate of drug-likeness (QED) is 0.670. The Morgan fingerprint density at radius 3 is 2.88 bits per heavy atom. The van der Waals surface area contributed by atoms with Gasteiger partial charge in [-0.05, 0) is 50.7 Å². The molecule has 0 bridgehead atoms. The first kappa shape index (κ1) is 10.8. The number of rotatable bonds is 0. The predicted octanol–water partition coefficient (Wildman–Crippen LogP) is 2.85. The Morgan fingerprint density at radius 1 is 1.24 bits per heavy atom. The highest BCUT2D eigenvalue weighted by atomic mass is 16.2. The first-order valence-corrected chi connectivity index (χ1v) is 6.58. The summed E-state index contributed by atoms with van der Waals surface area (Å²) in [6.45, 7) is 5.13. The molecule has 0 spiro atoms. The van der Waals surface area contributed by atoms with E-state index < -0.39 is 0 Å². The van der Waals surface area contributed by atoms with Crippen LogP contribution in [-0.2, 0) is 6.42 Å². The highest BCUT2D eigenvalue weighted by Gasteiger charge is 2.34. The number of benzene rings is 1. The van der Waals surface area contributed by atoms with Gasteiger partial charge in [0.2, 0.25) is 0 Å². The molecular formula is C15H19NO. The van der Waals surface area contributed by atoms with Crippen LogP contribution in [0.1, 0.15) is 46.3 Å². The van der Waals surface area contributed by atoms with Crippen LogP contribution >= 0.6 is 0 Å². The Morgan fingerprint density at radius 2 is 2.06 bits per heavy atom. The second kappa shape index (κ2) is 3.86. The zero-order chi connectivity index (χ0) is 12.0. The van der Waals surface area contributed by atoms with Gasteiger partial charge in [0.25, 0.3) is 5.91 Å². The number of carbonyl (C=O) groups is 1. The van der Waals surface area contributed by atoms with Crippen LogP contribution in [0, 0.1) is 13.8 Å². The summed E-state index contributed by atoms with van der Waals surface area (Å²) < 4.78 is 0. The molecule has 0 N–H and O–H groups in total. The van der Waals surface area contributed by atoms with E-state index in [4.69, 9.17) is 0 Å². The van der Waals surface area contributed by atoms with E-state index in [1.165, 1.54) is 30.4 Å². The molecule has 1 fully saturated rings. The van der Waals surface area contributed by atoms with Crippen molar-refractivity contribution >= 4 is 5.91 Å². The van der Waals surface area contributed by atoms with E-state index in [0.29, 0.717) is 6.04 Å². The molecule has 0 radical (unpaired) electrons. The molecule has 17 heavy (non-hydrogen) atoms. The summed E-state index contributed by atoms with van der Waals surface area (Å²) in [5.41, 5.74) is 4.68. The molecule has 1 atom stereocenters. The molecule has 0 saturated carbocycles. The van der Waals surface area contributed by atoms with Gasteiger partial charge in [0.1, 0.15) is 0 Å². The van der Waals surface area contributed by atoms with Gasteiger partial charge in [0.15, 0.2) is 0 Å². The largest absolute Gasteiger partial charge is 0.335 e. The number of carbonyl (C=O) groups excluding carboxylic acids is 1. The Balaban J connectivity index is 2.09. The van der Waals surface area contributed by atoms with E-state index in [1.54, 1.807) is 0 Å². The van der Waals surface area contributed by atoms with Crippen molar-refractivity contribution in [1.29, 1.82) is 0 Å². The van der Waals surface area contributed by atoms with E-state index >= 15 is 0 Å². The average molecular weight is 229 g/mol. The molecule has 3 rings (SSSR count). The van der Waals surface area contributed by atoms with Gasteiger partial charge in [0.05, 0.1) is 0 Å². The van der Waals surface area contributed by atoms with E-state index in [-0.39, 0.29) is 5.91 Å². The van der Waals surface area contributed by atoms with Crippen LogP contribution in [0.3, 0.4) is 0 Å². The second-order valence-electron chi connectivity index (χ2n) is 5.47. The summed E-state index contributed by atoms with van der Waals surface area (Å²) in [5, 5.41) is 0. The number of aryl methyl sites for hydroxylation is 2. The van der Waals surface area contributed by atoms with Crippen LogP contribution in [0.25, 0.3) is 0 Å². The number of fused-ring (bicyclic) bond motifs is 2. The first-order chi connectivity index (χ1) is 8.16. The van der Waals surface area contributed by atoms with Gasteiger partial charge in [-0.15, -0.1) is 0 Å². The molecule has 90 valence electrons. The van der Waals surface area contributed by atoms with E-state index in [0.717, 1.165) is 24.1 Å². The van der Waals surface area contributed by atoms with Crippen LogP contribution in [0.5, 0.6) is 0 Å². The third kappa shape index (κ3) is 1.67. The molecule has 2 aliphatic rings. The summed E-state index contributed by atoms with van der Waals surface area (Å²) in [7, 11) is 0. The summed E-state index contributed by atoms with van der Waals surface area (Å²) >= 11 is 0. The van der Waals surface area contributed by atoms with Crippen molar-refractivity contribution in [2.75, 3.05) is 6.54 Å². The van der Waals surface area contributed by atoms with Crippen molar-refractivity contribution in [3.05, 3.63) is 34.4 Å². The van der Waals surface area contributed by atoms with E-state index in [9.17, 15) is 4.79 Å². The molecule has 0 aromatic heterocycles. The van der Waals surface area contributed by atoms with Gasteiger partial charge in [-0.1, -0.05) is 17.7 Å². The lowest BCUT2D eigenvalue weighted by molar-refractivity contribution is 0.0581. The summed E-state index contributed by atoms with van der Waals surface area (Å²) in [5.74, 6) is 0.272. The van der Waals surface area contributed by atoms with Gasteiger partial charge >= 0.3 is 0 Å². The number of piperidine rings is 1. The van der Waals surface area contributed by atoms with Crippen molar-refractivity contribution in [2.45, 2.75) is 45.6 Å². The van der Waals surface area contributed by atoms with Crippen molar-refractivity contribution in [3.8, 4) is 0 Å². The molecule has 1 aromatic carbocycles. The van der Waals surface area contributed by atoms with Crippen molar-refractivity contribution in [1.82, 2.24) is 4.90 Å². The normalized spacial score (nSPS) is 23.3. The molecule has 2 aliphatic heterocycles. The molecule has 1 amide bonds. The Hall–Kier alpha value is -1.31. The van der Waals surface area contributed by atoms with Crippen molar-refractivity contribution in [2.24, 2.45) is 0 Å². The maximum atomic E-state index is 12.5. The zero-order valence-corrected chi connectivity index (χ0v) is 10.6. The molecule has 0 aliphatic carbocycles. The van der Waals surface area contributed by atoms with Gasteiger partial charge in [-0.3, -0.25) is 4.79 Å². The van der Waals surface area contributed by atoms with Gasteiger partial charge < -0.3 is 4.90 Å². The molecule has 2 heterocycles. The third-order valence-electron chi connectivity index (χ3n) is 4.12. The monoisotopic (exact) mass is 229 g/mol. The van der Waals surface area contributed by atoms with Crippen LogP contribution in [0.15, 0.2) is 12.1 Å². The fourth-order valence-corrected chi connectivity index (χ4v) is 3.40. The summed E-state index contributed by atoms with van der Waals surface area (Å²) in [6, 6.07) is 4.79. The number of hydrogen-bond acceptors (Lipinski definition) is 1. The van der Waals surface area contributed by atoms with Crippen LogP contribution in [0.4, 0.5) is 0 Å². The van der Waals surface area contributed by atoms with E-state index in [2.05, 4.69) is 30.9 Å². The minimum Gasteiger partial charge on any atom is -0.335 e. The van der Waals surface area contributed by atoms with Crippen molar-refractivity contribution in [3.63, 3.8) is 0 Å². The Kier molecular flexibility index (Phi) is 2.46. The fraction of sp³-hybridized carbons (Fsp3) is 0.533. The molecule has 0 unspecified atom stereocenters. The second-order valence-corrected chi connectivity index (χ2v) is 5.47. The maximum Gasteiger partial charge on any atom is 0.254 e. The topological polar surface area (TPSA) is 20.3 Å². The number of hydrogen-bond donors (Lipinski definition) is 0. The first-order valence-electron chi connectivity index (χ1n) is 6.58. The Labute approximate surface area is 103 Å². The molecule has 1 saturated heterocycles. The SMILES string of the molecule is Cc1cc(C)c2c(c1)C[C@@H]1CCCCN1C2=O. The van der Waals surface area contributed by atoms with Crippen LogP contribution in [-0.4, -0.2) is 23.4 Å². The molecule has 2 heteroatoms. The highest BCUT2D eigenvalue weighted by molar-refractivity contribution is 5.98. The highest BCUT2D eigenvalue weighted by Crippen LogP contribution is 2.31. The summed E-state index contributed by atoms with van der Waals surface area (Å²) in [6.07, 6.45) is 4.68. The molecule has 2 nitrogen and oxygen atoms in total.